The lowest BCUT2D eigenvalue weighted by atomic mass is 9.72. The highest BCUT2D eigenvalue weighted by molar-refractivity contribution is 5.94. The van der Waals surface area contributed by atoms with Crippen LogP contribution in [0.1, 0.15) is 64.6 Å². The molecule has 1 fully saturated rings. The summed E-state index contributed by atoms with van der Waals surface area (Å²) < 4.78 is 1.72. The molecule has 1 aromatic heterocycles. The monoisotopic (exact) mass is 380 g/mol. The molecule has 0 saturated carbocycles. The molecular formula is C22H28N4O2. The van der Waals surface area contributed by atoms with Gasteiger partial charge in [-0.1, -0.05) is 24.3 Å². The number of amides is 1. The molecule has 0 unspecified atom stereocenters. The highest BCUT2D eigenvalue weighted by Crippen LogP contribution is 2.50. The zero-order valence-corrected chi connectivity index (χ0v) is 16.4. The van der Waals surface area contributed by atoms with Crippen molar-refractivity contribution in [1.82, 2.24) is 20.4 Å². The highest BCUT2D eigenvalue weighted by Gasteiger charge is 2.52. The summed E-state index contributed by atoms with van der Waals surface area (Å²) in [7, 11) is 1.85. The Kier molecular flexibility index (Phi) is 4.29. The summed E-state index contributed by atoms with van der Waals surface area (Å²) in [6.45, 7) is 1.78. The van der Waals surface area contributed by atoms with Gasteiger partial charge in [0, 0.05) is 18.0 Å². The van der Waals surface area contributed by atoms with Crippen LogP contribution in [-0.4, -0.2) is 40.0 Å². The number of carbonyl (C=O) groups excluding carboxylic acids is 1. The van der Waals surface area contributed by atoms with Gasteiger partial charge in [0.1, 0.15) is 5.69 Å². The number of carbonyl (C=O) groups is 1. The summed E-state index contributed by atoms with van der Waals surface area (Å²) in [4.78, 5) is 13.3. The molecule has 0 radical (unpaired) electrons. The number of hydrogen-bond acceptors (Lipinski definition) is 4. The van der Waals surface area contributed by atoms with Crippen LogP contribution in [0.5, 0.6) is 0 Å². The minimum absolute atomic E-state index is 0.122. The third-order valence-electron chi connectivity index (χ3n) is 7.03. The highest BCUT2D eigenvalue weighted by atomic mass is 16.3. The molecule has 28 heavy (non-hydrogen) atoms. The van der Waals surface area contributed by atoms with E-state index in [0.29, 0.717) is 5.69 Å². The van der Waals surface area contributed by atoms with Crippen LogP contribution in [0.25, 0.3) is 0 Å². The second kappa shape index (κ2) is 6.71. The van der Waals surface area contributed by atoms with Crippen molar-refractivity contribution >= 4 is 5.91 Å². The van der Waals surface area contributed by atoms with Crippen LogP contribution >= 0.6 is 0 Å². The van der Waals surface area contributed by atoms with E-state index < -0.39 is 6.10 Å². The van der Waals surface area contributed by atoms with Crippen molar-refractivity contribution in [2.24, 2.45) is 7.05 Å². The minimum Gasteiger partial charge on any atom is -0.390 e. The fourth-order valence-electron chi connectivity index (χ4n) is 5.64. The summed E-state index contributed by atoms with van der Waals surface area (Å²) >= 11 is 0. The van der Waals surface area contributed by atoms with E-state index in [1.165, 1.54) is 5.56 Å². The van der Waals surface area contributed by atoms with Crippen molar-refractivity contribution in [2.75, 3.05) is 13.1 Å². The average Bonchev–Trinajstić information content (AvgIpc) is 3.17. The second-order valence-corrected chi connectivity index (χ2v) is 8.49. The molecule has 1 saturated heterocycles. The van der Waals surface area contributed by atoms with E-state index in [4.69, 9.17) is 0 Å². The topological polar surface area (TPSA) is 79.2 Å². The lowest BCUT2D eigenvalue weighted by Gasteiger charge is -2.38. The van der Waals surface area contributed by atoms with Crippen LogP contribution in [0.4, 0.5) is 0 Å². The van der Waals surface area contributed by atoms with Gasteiger partial charge >= 0.3 is 0 Å². The Labute approximate surface area is 165 Å². The van der Waals surface area contributed by atoms with E-state index in [1.54, 1.807) is 4.68 Å². The van der Waals surface area contributed by atoms with Gasteiger partial charge in [0.05, 0.1) is 17.8 Å². The van der Waals surface area contributed by atoms with Crippen molar-refractivity contribution in [3.63, 3.8) is 0 Å². The van der Waals surface area contributed by atoms with Crippen molar-refractivity contribution in [3.8, 4) is 0 Å². The molecule has 2 aliphatic carbocycles. The smallest absolute Gasteiger partial charge is 0.270 e. The van der Waals surface area contributed by atoms with E-state index in [-0.39, 0.29) is 17.4 Å². The lowest BCUT2D eigenvalue weighted by Crippen LogP contribution is -2.48. The van der Waals surface area contributed by atoms with Crippen LogP contribution < -0.4 is 10.6 Å². The van der Waals surface area contributed by atoms with Crippen molar-refractivity contribution in [3.05, 3.63) is 52.3 Å². The SMILES string of the molecule is Cn1nc2c(c1C(=O)N[C@@H]1c3ccccc3C3(CCNCC3)[C@H]1O)CCCC2. The van der Waals surface area contributed by atoms with Crippen molar-refractivity contribution < 1.29 is 9.90 Å². The maximum absolute atomic E-state index is 13.3. The molecule has 3 N–H and O–H groups in total. The molecule has 1 aromatic carbocycles. The number of benzene rings is 1. The van der Waals surface area contributed by atoms with Crippen LogP contribution in [0.15, 0.2) is 24.3 Å². The number of aliphatic hydroxyl groups is 1. The molecule has 5 rings (SSSR count). The molecule has 1 amide bonds. The van der Waals surface area contributed by atoms with Gasteiger partial charge < -0.3 is 15.7 Å². The maximum Gasteiger partial charge on any atom is 0.270 e. The molecule has 6 nitrogen and oxygen atoms in total. The minimum atomic E-state index is -0.611. The normalized spacial score (nSPS) is 25.4. The maximum atomic E-state index is 13.3. The van der Waals surface area contributed by atoms with E-state index in [1.807, 2.05) is 19.2 Å². The number of aromatic nitrogens is 2. The first-order valence-electron chi connectivity index (χ1n) is 10.5. The fourth-order valence-corrected chi connectivity index (χ4v) is 5.64. The standard InChI is InChI=1S/C22H28N4O2/c1-26-19(15-7-3-5-9-17(15)25-26)21(28)24-18-14-6-2-4-8-16(14)22(20(18)27)10-12-23-13-11-22/h2,4,6,8,18,20,23,27H,3,5,7,9-13H2,1H3,(H,24,28)/t18-,20+/m1/s1. The zero-order valence-electron chi connectivity index (χ0n) is 16.4. The molecule has 2 aromatic rings. The third-order valence-corrected chi connectivity index (χ3v) is 7.03. The van der Waals surface area contributed by atoms with Crippen LogP contribution in [-0.2, 0) is 25.3 Å². The van der Waals surface area contributed by atoms with Crippen molar-refractivity contribution in [2.45, 2.75) is 56.1 Å². The molecular weight excluding hydrogens is 352 g/mol. The number of hydrogen-bond donors (Lipinski definition) is 3. The molecule has 6 heteroatoms. The molecule has 2 heterocycles. The zero-order chi connectivity index (χ0) is 19.3. The molecule has 148 valence electrons. The lowest BCUT2D eigenvalue weighted by molar-refractivity contribution is 0.0415. The van der Waals surface area contributed by atoms with Crippen molar-refractivity contribution in [1.29, 1.82) is 0 Å². The Morgan fingerprint density at radius 1 is 1.25 bits per heavy atom. The quantitative estimate of drug-likeness (QED) is 0.742. The van der Waals surface area contributed by atoms with Gasteiger partial charge in [-0.2, -0.15) is 5.10 Å². The van der Waals surface area contributed by atoms with Gasteiger partial charge in [-0.3, -0.25) is 9.48 Å². The Morgan fingerprint density at radius 3 is 2.82 bits per heavy atom. The van der Waals surface area contributed by atoms with Gasteiger partial charge in [-0.25, -0.2) is 0 Å². The number of fused-ring (bicyclic) bond motifs is 3. The van der Waals surface area contributed by atoms with Gasteiger partial charge in [-0.05, 0) is 62.7 Å². The van der Waals surface area contributed by atoms with Gasteiger partial charge in [0.25, 0.3) is 5.91 Å². The average molecular weight is 380 g/mol. The molecule has 1 aliphatic heterocycles. The summed E-state index contributed by atoms with van der Waals surface area (Å²) in [6.07, 6.45) is 5.25. The predicted molar refractivity (Wildman–Crippen MR) is 106 cm³/mol. The van der Waals surface area contributed by atoms with E-state index in [2.05, 4.69) is 27.9 Å². The Bertz CT molecular complexity index is 913. The summed E-state index contributed by atoms with van der Waals surface area (Å²) in [6, 6.07) is 7.84. The first-order chi connectivity index (χ1) is 13.6. The second-order valence-electron chi connectivity index (χ2n) is 8.49. The first-order valence-corrected chi connectivity index (χ1v) is 10.5. The van der Waals surface area contributed by atoms with E-state index in [0.717, 1.165) is 68.4 Å². The summed E-state index contributed by atoms with van der Waals surface area (Å²) in [5, 5.41) is 22.5. The van der Waals surface area contributed by atoms with Crippen LogP contribution in [0.2, 0.25) is 0 Å². The fraction of sp³-hybridized carbons (Fsp3) is 0.545. The molecule has 2 atom stereocenters. The largest absolute Gasteiger partial charge is 0.390 e. The van der Waals surface area contributed by atoms with Crippen LogP contribution in [0.3, 0.4) is 0 Å². The van der Waals surface area contributed by atoms with Gasteiger partial charge in [0.15, 0.2) is 0 Å². The Hall–Kier alpha value is -2.18. The van der Waals surface area contributed by atoms with E-state index in [9.17, 15) is 9.90 Å². The predicted octanol–water partition coefficient (Wildman–Crippen LogP) is 1.77. The number of rotatable bonds is 2. The third kappa shape index (κ3) is 2.54. The summed E-state index contributed by atoms with van der Waals surface area (Å²) in [5.74, 6) is -0.122. The molecule has 3 aliphatic rings. The molecule has 0 bridgehead atoms. The van der Waals surface area contributed by atoms with Gasteiger partial charge in [0.2, 0.25) is 0 Å². The number of aliphatic hydroxyl groups excluding tert-OH is 1. The number of nitrogens with one attached hydrogen (secondary N) is 2. The molecule has 1 spiro atoms. The first kappa shape index (κ1) is 17.9. The van der Waals surface area contributed by atoms with Gasteiger partial charge in [-0.15, -0.1) is 0 Å². The Balaban J connectivity index is 1.49. The Morgan fingerprint density at radius 2 is 2.00 bits per heavy atom. The number of nitrogens with zero attached hydrogens (tertiary/aromatic N) is 2. The summed E-state index contributed by atoms with van der Waals surface area (Å²) in [5.41, 5.74) is 4.78. The van der Waals surface area contributed by atoms with Crippen LogP contribution in [0, 0.1) is 0 Å². The van der Waals surface area contributed by atoms with E-state index >= 15 is 0 Å². The number of piperidine rings is 1. The number of aryl methyl sites for hydroxylation is 2.